The molecule has 144 valence electrons. The fourth-order valence-corrected chi connectivity index (χ4v) is 4.96. The van der Waals surface area contributed by atoms with Crippen LogP contribution in [0, 0.1) is 13.8 Å². The first-order chi connectivity index (χ1) is 13.0. The summed E-state index contributed by atoms with van der Waals surface area (Å²) in [6, 6.07) is 10.5. The molecule has 1 saturated heterocycles. The smallest absolute Gasteiger partial charge is 0.222 e. The molecule has 1 aromatic heterocycles. The van der Waals surface area contributed by atoms with Crippen molar-refractivity contribution in [3.05, 3.63) is 52.8 Å². The van der Waals surface area contributed by atoms with Crippen molar-refractivity contribution in [2.24, 2.45) is 0 Å². The standard InChI is InChI=1S/C22H29N3O2/c1-16-14-17(2)25(23-16)11-5-8-21(27)24-12-9-22(10-13-24)19-7-4-3-6-18(19)15-20(22)26/h3-4,6-7,14,20,26H,5,8-13,15H2,1-2H3. The van der Waals surface area contributed by atoms with Gasteiger partial charge in [-0.3, -0.25) is 9.48 Å². The Morgan fingerprint density at radius 1 is 1.26 bits per heavy atom. The molecule has 1 unspecified atom stereocenters. The van der Waals surface area contributed by atoms with Gasteiger partial charge in [0.15, 0.2) is 0 Å². The second-order valence-electron chi connectivity index (χ2n) is 8.17. The van der Waals surface area contributed by atoms with Crippen LogP contribution in [-0.4, -0.2) is 44.9 Å². The first kappa shape index (κ1) is 18.2. The molecule has 0 saturated carbocycles. The molecule has 1 aromatic carbocycles. The lowest BCUT2D eigenvalue weighted by Crippen LogP contribution is -2.49. The number of aliphatic hydroxyl groups is 1. The highest BCUT2D eigenvalue weighted by Crippen LogP contribution is 2.46. The summed E-state index contributed by atoms with van der Waals surface area (Å²) in [5.41, 5.74) is 4.59. The Labute approximate surface area is 161 Å². The van der Waals surface area contributed by atoms with Gasteiger partial charge in [0.25, 0.3) is 0 Å². The highest BCUT2D eigenvalue weighted by Gasteiger charge is 2.47. The maximum atomic E-state index is 12.6. The van der Waals surface area contributed by atoms with Crippen LogP contribution >= 0.6 is 0 Å². The molecule has 5 heteroatoms. The predicted molar refractivity (Wildman–Crippen MR) is 105 cm³/mol. The number of likely N-dealkylation sites (tertiary alicyclic amines) is 1. The van der Waals surface area contributed by atoms with E-state index in [0.29, 0.717) is 6.42 Å². The zero-order valence-corrected chi connectivity index (χ0v) is 16.3. The number of benzene rings is 1. The first-order valence-corrected chi connectivity index (χ1v) is 10.0. The summed E-state index contributed by atoms with van der Waals surface area (Å²) in [7, 11) is 0. The topological polar surface area (TPSA) is 58.4 Å². The van der Waals surface area contributed by atoms with Gasteiger partial charge in [0.1, 0.15) is 0 Å². The molecule has 2 heterocycles. The van der Waals surface area contributed by atoms with Crippen molar-refractivity contribution in [3.8, 4) is 0 Å². The normalized spacial score (nSPS) is 20.9. The maximum Gasteiger partial charge on any atom is 0.222 e. The number of aryl methyl sites for hydroxylation is 3. The van der Waals surface area contributed by atoms with E-state index in [9.17, 15) is 9.90 Å². The monoisotopic (exact) mass is 367 g/mol. The number of piperidine rings is 1. The van der Waals surface area contributed by atoms with E-state index in [-0.39, 0.29) is 17.4 Å². The number of rotatable bonds is 4. The van der Waals surface area contributed by atoms with Crippen LogP contribution < -0.4 is 0 Å². The number of amides is 1. The van der Waals surface area contributed by atoms with Crippen LogP contribution in [0.3, 0.4) is 0 Å². The Hall–Kier alpha value is -2.14. The molecular formula is C22H29N3O2. The van der Waals surface area contributed by atoms with Crippen molar-refractivity contribution in [1.82, 2.24) is 14.7 Å². The number of nitrogens with zero attached hydrogens (tertiary/aromatic N) is 3. The minimum absolute atomic E-state index is 0.156. The number of carbonyl (C=O) groups excluding carboxylic acids is 1. The fraction of sp³-hybridized carbons (Fsp3) is 0.545. The summed E-state index contributed by atoms with van der Waals surface area (Å²) >= 11 is 0. The number of fused-ring (bicyclic) bond motifs is 2. The molecule has 1 N–H and O–H groups in total. The molecule has 4 rings (SSSR count). The average Bonchev–Trinajstić information content (AvgIpc) is 3.12. The molecule has 2 aliphatic rings. The fourth-order valence-electron chi connectivity index (χ4n) is 4.96. The number of hydrogen-bond acceptors (Lipinski definition) is 3. The summed E-state index contributed by atoms with van der Waals surface area (Å²) in [6.45, 7) is 6.31. The SMILES string of the molecule is Cc1cc(C)n(CCCC(=O)N2CCC3(CC2)c2ccccc2CC3O)n1. The summed E-state index contributed by atoms with van der Waals surface area (Å²) in [4.78, 5) is 14.6. The van der Waals surface area contributed by atoms with Crippen LogP contribution in [0.1, 0.15) is 48.2 Å². The van der Waals surface area contributed by atoms with Crippen molar-refractivity contribution < 1.29 is 9.90 Å². The second-order valence-corrected chi connectivity index (χ2v) is 8.17. The highest BCUT2D eigenvalue weighted by atomic mass is 16.3. The first-order valence-electron chi connectivity index (χ1n) is 10.0. The quantitative estimate of drug-likeness (QED) is 0.904. The van der Waals surface area contributed by atoms with E-state index in [0.717, 1.165) is 56.7 Å². The predicted octanol–water partition coefficient (Wildman–Crippen LogP) is 2.76. The highest BCUT2D eigenvalue weighted by molar-refractivity contribution is 5.76. The average molecular weight is 367 g/mol. The molecule has 1 atom stereocenters. The van der Waals surface area contributed by atoms with Gasteiger partial charge < -0.3 is 10.0 Å². The van der Waals surface area contributed by atoms with Gasteiger partial charge in [0, 0.05) is 37.2 Å². The molecule has 2 aromatic rings. The van der Waals surface area contributed by atoms with Gasteiger partial charge in [-0.1, -0.05) is 24.3 Å². The zero-order chi connectivity index (χ0) is 19.0. The zero-order valence-electron chi connectivity index (χ0n) is 16.3. The summed E-state index contributed by atoms with van der Waals surface area (Å²) in [5.74, 6) is 0.229. The lowest BCUT2D eigenvalue weighted by atomic mass is 9.72. The van der Waals surface area contributed by atoms with E-state index in [4.69, 9.17) is 0 Å². The van der Waals surface area contributed by atoms with Crippen molar-refractivity contribution in [3.63, 3.8) is 0 Å². The molecule has 1 aliphatic carbocycles. The van der Waals surface area contributed by atoms with Crippen LogP contribution in [0.15, 0.2) is 30.3 Å². The summed E-state index contributed by atoms with van der Waals surface area (Å²) in [6.07, 6.45) is 3.51. The Morgan fingerprint density at radius 2 is 2.00 bits per heavy atom. The summed E-state index contributed by atoms with van der Waals surface area (Å²) < 4.78 is 1.99. The van der Waals surface area contributed by atoms with Crippen molar-refractivity contribution in [2.45, 2.75) is 64.0 Å². The molecule has 1 amide bonds. The molecule has 0 bridgehead atoms. The van der Waals surface area contributed by atoms with E-state index < -0.39 is 0 Å². The van der Waals surface area contributed by atoms with Crippen LogP contribution in [0.2, 0.25) is 0 Å². The molecule has 1 spiro atoms. The van der Waals surface area contributed by atoms with Crippen molar-refractivity contribution in [1.29, 1.82) is 0 Å². The Bertz CT molecular complexity index is 834. The number of carbonyl (C=O) groups is 1. The van der Waals surface area contributed by atoms with Gasteiger partial charge in [-0.05, 0) is 56.7 Å². The van der Waals surface area contributed by atoms with E-state index in [1.807, 2.05) is 22.6 Å². The van der Waals surface area contributed by atoms with E-state index in [2.05, 4.69) is 36.3 Å². The molecular weight excluding hydrogens is 338 g/mol. The molecule has 1 aliphatic heterocycles. The van der Waals surface area contributed by atoms with Gasteiger partial charge in [-0.15, -0.1) is 0 Å². The lowest BCUT2D eigenvalue weighted by molar-refractivity contribution is -0.133. The Morgan fingerprint density at radius 3 is 2.70 bits per heavy atom. The third kappa shape index (κ3) is 3.29. The largest absolute Gasteiger partial charge is 0.392 e. The van der Waals surface area contributed by atoms with Crippen molar-refractivity contribution >= 4 is 5.91 Å². The number of aromatic nitrogens is 2. The molecule has 0 radical (unpaired) electrons. The Kier molecular flexibility index (Phi) is 4.81. The van der Waals surface area contributed by atoms with E-state index in [1.165, 1.54) is 11.1 Å². The van der Waals surface area contributed by atoms with Crippen LogP contribution in [0.25, 0.3) is 0 Å². The molecule has 27 heavy (non-hydrogen) atoms. The van der Waals surface area contributed by atoms with Gasteiger partial charge in [-0.25, -0.2) is 0 Å². The van der Waals surface area contributed by atoms with Gasteiger partial charge in [0.2, 0.25) is 5.91 Å². The van der Waals surface area contributed by atoms with Crippen LogP contribution in [0.4, 0.5) is 0 Å². The van der Waals surface area contributed by atoms with Crippen LogP contribution in [-0.2, 0) is 23.2 Å². The minimum Gasteiger partial charge on any atom is -0.392 e. The Balaban J connectivity index is 1.33. The van der Waals surface area contributed by atoms with Gasteiger partial charge in [0.05, 0.1) is 11.8 Å². The minimum atomic E-state index is -0.321. The second kappa shape index (κ2) is 7.12. The number of aliphatic hydroxyl groups excluding tert-OH is 1. The van der Waals surface area contributed by atoms with Gasteiger partial charge in [-0.2, -0.15) is 5.10 Å². The summed E-state index contributed by atoms with van der Waals surface area (Å²) in [5, 5.41) is 15.2. The third-order valence-electron chi connectivity index (χ3n) is 6.48. The third-order valence-corrected chi connectivity index (χ3v) is 6.48. The number of hydrogen-bond donors (Lipinski definition) is 1. The van der Waals surface area contributed by atoms with E-state index >= 15 is 0 Å². The van der Waals surface area contributed by atoms with Crippen molar-refractivity contribution in [2.75, 3.05) is 13.1 Å². The molecule has 5 nitrogen and oxygen atoms in total. The van der Waals surface area contributed by atoms with Crippen LogP contribution in [0.5, 0.6) is 0 Å². The maximum absolute atomic E-state index is 12.6. The van der Waals surface area contributed by atoms with E-state index in [1.54, 1.807) is 0 Å². The lowest BCUT2D eigenvalue weighted by Gasteiger charge is -2.42. The van der Waals surface area contributed by atoms with Gasteiger partial charge >= 0.3 is 0 Å². The molecule has 1 fully saturated rings.